The molecule has 32 heavy (non-hydrogen) atoms. The van der Waals surface area contributed by atoms with Crippen molar-refractivity contribution < 1.29 is 9.84 Å². The molecule has 1 aliphatic carbocycles. The smallest absolute Gasteiger partial charge is 0.127 e. The number of benzene rings is 2. The molecule has 0 bridgehead atoms. The lowest BCUT2D eigenvalue weighted by Crippen LogP contribution is -2.45. The fourth-order valence-corrected chi connectivity index (χ4v) is 5.28. The number of hydrogen-bond acceptors (Lipinski definition) is 3. The molecule has 2 N–H and O–H groups in total. The predicted octanol–water partition coefficient (Wildman–Crippen LogP) is 7.43. The molecule has 1 aliphatic heterocycles. The van der Waals surface area contributed by atoms with Gasteiger partial charge in [-0.1, -0.05) is 62.6 Å². The molecular weight excluding hydrogens is 462 g/mol. The van der Waals surface area contributed by atoms with Crippen molar-refractivity contribution in [3.63, 3.8) is 0 Å². The van der Waals surface area contributed by atoms with E-state index in [4.69, 9.17) is 4.74 Å². The first-order valence-electron chi connectivity index (χ1n) is 12.0. The molecule has 174 valence electrons. The fourth-order valence-electron chi connectivity index (χ4n) is 5.28. The highest BCUT2D eigenvalue weighted by molar-refractivity contribution is 8.93. The molecule has 0 spiro atoms. The molecular formula is C28H38BrNO2. The first kappa shape index (κ1) is 24.7. The van der Waals surface area contributed by atoms with Crippen LogP contribution in [0, 0.1) is 5.92 Å². The van der Waals surface area contributed by atoms with E-state index in [9.17, 15) is 5.11 Å². The second kappa shape index (κ2) is 10.8. The summed E-state index contributed by atoms with van der Waals surface area (Å²) < 4.78 is 6.49. The second-order valence-electron chi connectivity index (χ2n) is 9.74. The number of rotatable bonds is 8. The lowest BCUT2D eigenvalue weighted by molar-refractivity contribution is 0.0103. The van der Waals surface area contributed by atoms with Gasteiger partial charge in [0.15, 0.2) is 0 Å². The predicted molar refractivity (Wildman–Crippen MR) is 138 cm³/mol. The summed E-state index contributed by atoms with van der Waals surface area (Å²) >= 11 is 0. The molecule has 0 saturated carbocycles. The van der Waals surface area contributed by atoms with Gasteiger partial charge in [-0.2, -0.15) is 0 Å². The van der Waals surface area contributed by atoms with E-state index < -0.39 is 0 Å². The largest absolute Gasteiger partial charge is 0.507 e. The van der Waals surface area contributed by atoms with Crippen molar-refractivity contribution in [2.45, 2.75) is 83.8 Å². The van der Waals surface area contributed by atoms with Gasteiger partial charge in [-0.25, -0.2) is 0 Å². The average molecular weight is 501 g/mol. The lowest BCUT2D eigenvalue weighted by atomic mass is 9.68. The summed E-state index contributed by atoms with van der Waals surface area (Å²) in [4.78, 5) is 0. The molecule has 4 heteroatoms. The fraction of sp³-hybridized carbons (Fsp3) is 0.500. The Balaban J connectivity index is 0.00000289. The number of ether oxygens (including phenoxy) is 1. The topological polar surface area (TPSA) is 41.5 Å². The van der Waals surface area contributed by atoms with Crippen LogP contribution < -0.4 is 10.1 Å². The summed E-state index contributed by atoms with van der Waals surface area (Å²) in [5.41, 5.74) is 4.47. The van der Waals surface area contributed by atoms with Crippen molar-refractivity contribution in [2.75, 3.05) is 0 Å². The third-order valence-corrected chi connectivity index (χ3v) is 7.00. The van der Waals surface area contributed by atoms with Crippen molar-refractivity contribution in [3.8, 4) is 11.5 Å². The molecule has 0 saturated heterocycles. The van der Waals surface area contributed by atoms with Crippen LogP contribution in [0.15, 0.2) is 54.2 Å². The van der Waals surface area contributed by atoms with Crippen LogP contribution in [0.5, 0.6) is 11.5 Å². The van der Waals surface area contributed by atoms with Gasteiger partial charge in [0, 0.05) is 29.6 Å². The van der Waals surface area contributed by atoms with Gasteiger partial charge in [0.05, 0.1) is 0 Å². The second-order valence-corrected chi connectivity index (χ2v) is 9.74. The maximum absolute atomic E-state index is 11.0. The van der Waals surface area contributed by atoms with Gasteiger partial charge in [0.25, 0.3) is 0 Å². The Kier molecular flexibility index (Phi) is 8.32. The van der Waals surface area contributed by atoms with E-state index in [2.05, 4.69) is 68.6 Å². The standard InChI is InChI=1S/C28H37NO2.BrH/c1-4-5-6-8-13-21-16-25(30)27-23-18-22(29-19-20-11-9-7-10-12-20)14-15-24(23)28(2,3)31-26(27)17-21;/h7,9-12,16-18,23-24,29-30H,4-6,8,13-15,19H2,1-3H3;1H. The maximum Gasteiger partial charge on any atom is 0.127 e. The van der Waals surface area contributed by atoms with E-state index in [-0.39, 0.29) is 28.5 Å². The van der Waals surface area contributed by atoms with Gasteiger partial charge in [-0.15, -0.1) is 17.0 Å². The highest BCUT2D eigenvalue weighted by Crippen LogP contribution is 2.53. The molecule has 4 rings (SSSR count). The number of aromatic hydroxyl groups is 1. The van der Waals surface area contributed by atoms with Crippen LogP contribution in [0.1, 0.15) is 81.9 Å². The van der Waals surface area contributed by atoms with Gasteiger partial charge in [0.1, 0.15) is 17.1 Å². The molecule has 2 aliphatic rings. The Hall–Kier alpha value is -1.94. The molecule has 0 amide bonds. The molecule has 2 aromatic carbocycles. The zero-order valence-corrected chi connectivity index (χ0v) is 21.4. The number of hydrogen-bond donors (Lipinski definition) is 2. The van der Waals surface area contributed by atoms with Crippen molar-refractivity contribution in [1.82, 2.24) is 5.32 Å². The van der Waals surface area contributed by atoms with E-state index in [1.54, 1.807) is 0 Å². The molecule has 1 heterocycles. The number of allylic oxidation sites excluding steroid dienone is 2. The summed E-state index contributed by atoms with van der Waals surface area (Å²) in [5.74, 6) is 1.81. The Labute approximate surface area is 204 Å². The van der Waals surface area contributed by atoms with Crippen LogP contribution in [-0.4, -0.2) is 10.7 Å². The molecule has 2 atom stereocenters. The van der Waals surface area contributed by atoms with Gasteiger partial charge in [0.2, 0.25) is 0 Å². The van der Waals surface area contributed by atoms with E-state index in [1.165, 1.54) is 36.1 Å². The minimum absolute atomic E-state index is 0. The van der Waals surface area contributed by atoms with E-state index >= 15 is 0 Å². The van der Waals surface area contributed by atoms with Crippen LogP contribution in [0.3, 0.4) is 0 Å². The Morgan fingerprint density at radius 3 is 2.59 bits per heavy atom. The number of unbranched alkanes of at least 4 members (excludes halogenated alkanes) is 3. The molecule has 2 aromatic rings. The highest BCUT2D eigenvalue weighted by Gasteiger charge is 2.45. The third-order valence-electron chi connectivity index (χ3n) is 7.00. The SMILES string of the molecule is Br.CCCCCCc1cc(O)c2c(c1)OC(C)(C)C1CCC(NCc3ccccc3)=CC21. The Morgan fingerprint density at radius 2 is 1.84 bits per heavy atom. The number of fused-ring (bicyclic) bond motifs is 3. The van der Waals surface area contributed by atoms with Crippen LogP contribution in [0.25, 0.3) is 0 Å². The number of phenols is 1. The normalized spacial score (nSPS) is 20.8. The minimum Gasteiger partial charge on any atom is -0.507 e. The molecule has 3 nitrogen and oxygen atoms in total. The third kappa shape index (κ3) is 5.51. The summed E-state index contributed by atoms with van der Waals surface area (Å²) in [6.45, 7) is 7.47. The van der Waals surface area contributed by atoms with Crippen molar-refractivity contribution in [2.24, 2.45) is 5.92 Å². The van der Waals surface area contributed by atoms with Crippen LogP contribution >= 0.6 is 17.0 Å². The quantitative estimate of drug-likeness (QED) is 0.371. The number of phenolic OH excluding ortho intramolecular Hbond substituents is 1. The van der Waals surface area contributed by atoms with Crippen molar-refractivity contribution in [1.29, 1.82) is 0 Å². The monoisotopic (exact) mass is 499 g/mol. The Bertz CT molecular complexity index is 923. The summed E-state index contributed by atoms with van der Waals surface area (Å²) in [7, 11) is 0. The van der Waals surface area contributed by atoms with Gasteiger partial charge in [-0.05, 0) is 62.8 Å². The lowest BCUT2D eigenvalue weighted by Gasteiger charge is -2.46. The highest BCUT2D eigenvalue weighted by atomic mass is 79.9. The van der Waals surface area contributed by atoms with E-state index in [0.717, 1.165) is 43.5 Å². The van der Waals surface area contributed by atoms with Crippen molar-refractivity contribution in [3.05, 3.63) is 70.9 Å². The zero-order chi connectivity index (χ0) is 21.8. The van der Waals surface area contributed by atoms with E-state index in [0.29, 0.717) is 11.7 Å². The molecule has 0 fully saturated rings. The van der Waals surface area contributed by atoms with Crippen molar-refractivity contribution >= 4 is 17.0 Å². The average Bonchev–Trinajstić information content (AvgIpc) is 2.75. The molecule has 0 aromatic heterocycles. The first-order chi connectivity index (χ1) is 15.0. The van der Waals surface area contributed by atoms with Gasteiger partial charge >= 0.3 is 0 Å². The maximum atomic E-state index is 11.0. The van der Waals surface area contributed by atoms with Crippen LogP contribution in [-0.2, 0) is 13.0 Å². The summed E-state index contributed by atoms with van der Waals surface area (Å²) in [6.07, 6.45) is 10.3. The van der Waals surface area contributed by atoms with Gasteiger partial charge in [-0.3, -0.25) is 0 Å². The summed E-state index contributed by atoms with van der Waals surface area (Å²) in [5, 5.41) is 14.7. The van der Waals surface area contributed by atoms with Crippen LogP contribution in [0.4, 0.5) is 0 Å². The molecule has 0 radical (unpaired) electrons. The van der Waals surface area contributed by atoms with E-state index in [1.807, 2.05) is 6.07 Å². The number of aryl methyl sites for hydroxylation is 1. The molecule has 2 unspecified atom stereocenters. The summed E-state index contributed by atoms with van der Waals surface area (Å²) in [6, 6.07) is 14.7. The number of halogens is 1. The Morgan fingerprint density at radius 1 is 1.06 bits per heavy atom. The first-order valence-corrected chi connectivity index (χ1v) is 12.0. The van der Waals surface area contributed by atoms with Gasteiger partial charge < -0.3 is 15.2 Å². The zero-order valence-electron chi connectivity index (χ0n) is 19.7. The minimum atomic E-state index is -0.244. The number of nitrogens with one attached hydrogen (secondary N) is 1. The van der Waals surface area contributed by atoms with Crippen LogP contribution in [0.2, 0.25) is 0 Å².